The van der Waals surface area contributed by atoms with Gasteiger partial charge in [0.05, 0.1) is 10.6 Å². The quantitative estimate of drug-likeness (QED) is 0.607. The zero-order valence-corrected chi connectivity index (χ0v) is 20.8. The number of thiazole rings is 1. The highest BCUT2D eigenvalue weighted by Crippen LogP contribution is 2.40. The lowest BCUT2D eigenvalue weighted by atomic mass is 9.79. The van der Waals surface area contributed by atoms with Crippen LogP contribution in [0.5, 0.6) is 0 Å². The molecule has 2 aromatic rings. The number of nitrogens with two attached hydrogens (primary N) is 1. The van der Waals surface area contributed by atoms with Crippen LogP contribution < -0.4 is 5.14 Å². The molecule has 166 valence electrons. The number of nitrogens with zero attached hydrogens (tertiary/aromatic N) is 1. The minimum absolute atomic E-state index is 0.00694. The Morgan fingerprint density at radius 2 is 1.50 bits per heavy atom. The first-order chi connectivity index (χ1) is 13.7. The Bertz CT molecular complexity index is 971. The number of hydrogen-bond acceptors (Lipinski definition) is 4. The van der Waals surface area contributed by atoms with Crippen molar-refractivity contribution in [1.29, 1.82) is 0 Å². The van der Waals surface area contributed by atoms with Crippen LogP contribution in [-0.4, -0.2) is 13.4 Å². The molecule has 0 unspecified atom stereocenters. The largest absolute Gasteiger partial charge is 0.265 e. The molecule has 1 saturated carbocycles. The third-order valence-electron chi connectivity index (χ3n) is 6.06. The number of sulfonamides is 1. The molecule has 0 bridgehead atoms. The van der Waals surface area contributed by atoms with E-state index < -0.39 is 10.0 Å². The monoisotopic (exact) mass is 448 g/mol. The molecular weight excluding hydrogens is 412 g/mol. The fraction of sp³-hybridized carbons (Fsp3) is 0.625. The van der Waals surface area contributed by atoms with Crippen molar-refractivity contribution in [3.05, 3.63) is 35.0 Å². The smallest absolute Gasteiger partial charge is 0.228 e. The molecule has 0 saturated heterocycles. The molecule has 1 aromatic carbocycles. The molecule has 1 aliphatic rings. The Balaban J connectivity index is 2.16. The van der Waals surface area contributed by atoms with Gasteiger partial charge < -0.3 is 0 Å². The van der Waals surface area contributed by atoms with Gasteiger partial charge in [-0.15, -0.1) is 11.3 Å². The van der Waals surface area contributed by atoms with Crippen LogP contribution in [-0.2, 0) is 27.3 Å². The molecule has 1 fully saturated rings. The Morgan fingerprint density at radius 1 is 0.967 bits per heavy atom. The maximum atomic E-state index is 12.1. The maximum Gasteiger partial charge on any atom is 0.265 e. The molecule has 0 aliphatic heterocycles. The molecule has 30 heavy (non-hydrogen) atoms. The van der Waals surface area contributed by atoms with E-state index >= 15 is 0 Å². The minimum Gasteiger partial charge on any atom is -0.228 e. The van der Waals surface area contributed by atoms with Crippen LogP contribution in [0.3, 0.4) is 0 Å². The minimum atomic E-state index is -3.82. The highest BCUT2D eigenvalue weighted by molar-refractivity contribution is 7.91. The second kappa shape index (κ2) is 8.36. The number of rotatable bonds is 4. The van der Waals surface area contributed by atoms with E-state index in [4.69, 9.17) is 5.14 Å². The molecule has 1 aliphatic carbocycles. The lowest BCUT2D eigenvalue weighted by molar-refractivity contribution is 0.354. The van der Waals surface area contributed by atoms with Gasteiger partial charge in [0.15, 0.2) is 0 Å². The van der Waals surface area contributed by atoms with E-state index in [-0.39, 0.29) is 15.2 Å². The summed E-state index contributed by atoms with van der Waals surface area (Å²) in [7, 11) is -3.82. The van der Waals surface area contributed by atoms with Crippen LogP contribution in [0.4, 0.5) is 0 Å². The van der Waals surface area contributed by atoms with Gasteiger partial charge in [-0.3, -0.25) is 0 Å². The van der Waals surface area contributed by atoms with Crippen LogP contribution in [0.25, 0.3) is 10.4 Å². The summed E-state index contributed by atoms with van der Waals surface area (Å²) in [5.74, 6) is 0.570. The van der Waals surface area contributed by atoms with Crippen LogP contribution in [0.1, 0.15) is 90.5 Å². The van der Waals surface area contributed by atoms with Gasteiger partial charge in [0.2, 0.25) is 4.34 Å². The van der Waals surface area contributed by atoms with Crippen molar-refractivity contribution in [2.75, 3.05) is 0 Å². The van der Waals surface area contributed by atoms with Gasteiger partial charge in [-0.05, 0) is 52.0 Å². The van der Waals surface area contributed by atoms with E-state index in [0.717, 1.165) is 22.6 Å². The molecule has 2 N–H and O–H groups in total. The summed E-state index contributed by atoms with van der Waals surface area (Å²) in [6.45, 7) is 13.3. The van der Waals surface area contributed by atoms with Crippen LogP contribution >= 0.6 is 11.3 Å². The zero-order valence-electron chi connectivity index (χ0n) is 19.2. The Kier molecular flexibility index (Phi) is 6.53. The van der Waals surface area contributed by atoms with Crippen LogP contribution in [0, 0.1) is 5.92 Å². The van der Waals surface area contributed by atoms with E-state index in [1.54, 1.807) is 0 Å². The summed E-state index contributed by atoms with van der Waals surface area (Å²) in [6, 6.07) is 6.70. The summed E-state index contributed by atoms with van der Waals surface area (Å²) in [6.07, 6.45) is 7.00. The number of hydrogen-bond donors (Lipinski definition) is 1. The first-order valence-electron chi connectivity index (χ1n) is 10.9. The topological polar surface area (TPSA) is 73.1 Å². The van der Waals surface area contributed by atoms with Crippen molar-refractivity contribution in [1.82, 2.24) is 4.98 Å². The summed E-state index contributed by atoms with van der Waals surface area (Å²) in [5.41, 5.74) is 4.44. The van der Waals surface area contributed by atoms with Crippen molar-refractivity contribution in [3.8, 4) is 10.4 Å². The Morgan fingerprint density at radius 3 is 1.97 bits per heavy atom. The Labute approximate surface area is 186 Å². The second-order valence-electron chi connectivity index (χ2n) is 10.8. The summed E-state index contributed by atoms with van der Waals surface area (Å²) < 4.78 is 24.2. The zero-order chi connectivity index (χ0) is 22.3. The Hall–Kier alpha value is -1.24. The molecule has 1 aromatic heterocycles. The van der Waals surface area contributed by atoms with Crippen molar-refractivity contribution in [3.63, 3.8) is 0 Å². The molecule has 3 rings (SSSR count). The van der Waals surface area contributed by atoms with Gasteiger partial charge >= 0.3 is 0 Å². The van der Waals surface area contributed by atoms with Crippen LogP contribution in [0.15, 0.2) is 22.5 Å². The molecule has 1 heterocycles. The SMILES string of the molecule is CC(C)(C)c1cc(-c2sc(S(N)(=O)=O)nc2CC2CCCCC2)cc(C(C)(C)C)c1. The molecular formula is C24H36N2O2S2. The van der Waals surface area contributed by atoms with E-state index in [2.05, 4.69) is 64.7 Å². The van der Waals surface area contributed by atoms with E-state index in [9.17, 15) is 8.42 Å². The van der Waals surface area contributed by atoms with Gasteiger partial charge in [0.1, 0.15) is 0 Å². The highest BCUT2D eigenvalue weighted by Gasteiger charge is 2.26. The fourth-order valence-corrected chi connectivity index (χ4v) is 5.87. The van der Waals surface area contributed by atoms with Gasteiger partial charge in [-0.25, -0.2) is 18.5 Å². The van der Waals surface area contributed by atoms with Gasteiger partial charge in [0, 0.05) is 0 Å². The average Bonchev–Trinajstić information content (AvgIpc) is 3.05. The molecule has 0 amide bonds. The van der Waals surface area contributed by atoms with E-state index in [0.29, 0.717) is 5.92 Å². The molecule has 6 heteroatoms. The summed E-state index contributed by atoms with van der Waals surface area (Å²) in [4.78, 5) is 5.50. The number of benzene rings is 1. The first-order valence-corrected chi connectivity index (χ1v) is 13.3. The standard InChI is InChI=1S/C24H36N2O2S2/c1-23(2,3)18-13-17(14-19(15-18)24(4,5)6)21-20(12-16-10-8-7-9-11-16)26-22(29-21)30(25,27)28/h13-16H,7-12H2,1-6H3,(H2,25,27,28). The van der Waals surface area contributed by atoms with Crippen molar-refractivity contribution < 1.29 is 8.42 Å². The van der Waals surface area contributed by atoms with Crippen molar-refractivity contribution in [2.24, 2.45) is 11.1 Å². The van der Waals surface area contributed by atoms with Gasteiger partial charge in [-0.2, -0.15) is 0 Å². The summed E-state index contributed by atoms with van der Waals surface area (Å²) >= 11 is 1.22. The van der Waals surface area contributed by atoms with Gasteiger partial charge in [0.25, 0.3) is 10.0 Å². The molecule has 4 nitrogen and oxygen atoms in total. The van der Waals surface area contributed by atoms with E-state index in [1.807, 2.05) is 0 Å². The lowest BCUT2D eigenvalue weighted by Gasteiger charge is -2.26. The van der Waals surface area contributed by atoms with Crippen molar-refractivity contribution in [2.45, 2.75) is 95.2 Å². The lowest BCUT2D eigenvalue weighted by Crippen LogP contribution is -2.16. The third-order valence-corrected chi connectivity index (χ3v) is 8.52. The molecule has 0 radical (unpaired) electrons. The van der Waals surface area contributed by atoms with Crippen molar-refractivity contribution >= 4 is 21.4 Å². The molecule has 0 spiro atoms. The summed E-state index contributed by atoms with van der Waals surface area (Å²) in [5, 5.41) is 5.47. The second-order valence-corrected chi connectivity index (χ2v) is 13.5. The third kappa shape index (κ3) is 5.51. The van der Waals surface area contributed by atoms with Gasteiger partial charge in [-0.1, -0.05) is 79.7 Å². The predicted octanol–water partition coefficient (Wildman–Crippen LogP) is 6.18. The number of aromatic nitrogens is 1. The number of primary sulfonamides is 1. The van der Waals surface area contributed by atoms with E-state index in [1.165, 1.54) is 54.6 Å². The highest BCUT2D eigenvalue weighted by atomic mass is 32.2. The van der Waals surface area contributed by atoms with Crippen LogP contribution in [0.2, 0.25) is 0 Å². The average molecular weight is 449 g/mol. The maximum absolute atomic E-state index is 12.1. The molecule has 0 atom stereocenters. The fourth-order valence-electron chi connectivity index (χ4n) is 4.10. The normalized spacial score (nSPS) is 16.8. The first kappa shape index (κ1) is 23.4. The predicted molar refractivity (Wildman–Crippen MR) is 127 cm³/mol.